The summed E-state index contributed by atoms with van der Waals surface area (Å²) in [4.78, 5) is 9.34. The summed E-state index contributed by atoms with van der Waals surface area (Å²) < 4.78 is 0. The topological polar surface area (TPSA) is 61.4 Å². The van der Waals surface area contributed by atoms with Gasteiger partial charge in [0.1, 0.15) is 6.29 Å². The molecule has 0 unspecified atom stereocenters. The first-order chi connectivity index (χ1) is 4.83. The van der Waals surface area contributed by atoms with E-state index in [2.05, 4.69) is 10.6 Å². The van der Waals surface area contributed by atoms with Crippen LogP contribution in [0.2, 0.25) is 0 Å². The van der Waals surface area contributed by atoms with E-state index in [4.69, 9.17) is 5.11 Å². The summed E-state index contributed by atoms with van der Waals surface area (Å²) in [5.41, 5.74) is 0. The van der Waals surface area contributed by atoms with Crippen LogP contribution in [0.4, 0.5) is 0 Å². The van der Waals surface area contributed by atoms with E-state index in [1.807, 2.05) is 0 Å². The Balaban J connectivity index is -0.000000107. The summed E-state index contributed by atoms with van der Waals surface area (Å²) in [5, 5.41) is 13.4. The van der Waals surface area contributed by atoms with E-state index >= 15 is 0 Å². The summed E-state index contributed by atoms with van der Waals surface area (Å²) in [5.74, 6) is 0. The molecule has 4 nitrogen and oxygen atoms in total. The minimum absolute atomic E-state index is 0. The predicted octanol–water partition coefficient (Wildman–Crippen LogP) is -0.761. The molecule has 0 spiro atoms. The lowest BCUT2D eigenvalue weighted by molar-refractivity contribution is -0.107. The van der Waals surface area contributed by atoms with Crippen LogP contribution in [0.3, 0.4) is 0 Å². The number of aliphatic hydroxyl groups is 1. The summed E-state index contributed by atoms with van der Waals surface area (Å²) in [6.07, 6.45) is 0.819. The Morgan fingerprint density at radius 1 is 1.36 bits per heavy atom. The van der Waals surface area contributed by atoms with Gasteiger partial charge in [-0.1, -0.05) is 7.43 Å². The van der Waals surface area contributed by atoms with E-state index in [1.54, 1.807) is 14.1 Å². The minimum Gasteiger partial charge on any atom is -0.395 e. The lowest BCUT2D eigenvalue weighted by Gasteiger charge is -1.84. The van der Waals surface area contributed by atoms with Gasteiger partial charge in [-0.3, -0.25) is 0 Å². The van der Waals surface area contributed by atoms with Crippen molar-refractivity contribution < 1.29 is 9.90 Å². The van der Waals surface area contributed by atoms with Crippen molar-refractivity contribution in [3.05, 3.63) is 0 Å². The van der Waals surface area contributed by atoms with Crippen molar-refractivity contribution in [2.75, 3.05) is 33.8 Å². The van der Waals surface area contributed by atoms with Gasteiger partial charge in [0.25, 0.3) is 0 Å². The van der Waals surface area contributed by atoms with Crippen LogP contribution < -0.4 is 10.6 Å². The van der Waals surface area contributed by atoms with Gasteiger partial charge in [0.15, 0.2) is 0 Å². The van der Waals surface area contributed by atoms with E-state index in [0.29, 0.717) is 13.1 Å². The highest BCUT2D eigenvalue weighted by Gasteiger charge is 1.65. The Morgan fingerprint density at radius 2 is 1.91 bits per heavy atom. The zero-order valence-electron chi connectivity index (χ0n) is 6.55. The highest BCUT2D eigenvalue weighted by atomic mass is 16.3. The SMILES string of the molecule is C.CNCC=O.CNCCO. The average molecular weight is 164 g/mol. The van der Waals surface area contributed by atoms with E-state index in [9.17, 15) is 4.79 Å². The molecule has 4 heteroatoms. The molecular weight excluding hydrogens is 144 g/mol. The molecule has 0 aliphatic rings. The molecule has 0 heterocycles. The van der Waals surface area contributed by atoms with Crippen LogP contribution in [0.5, 0.6) is 0 Å². The van der Waals surface area contributed by atoms with E-state index in [0.717, 1.165) is 6.29 Å². The van der Waals surface area contributed by atoms with Gasteiger partial charge in [0.2, 0.25) is 0 Å². The zero-order valence-corrected chi connectivity index (χ0v) is 6.55. The molecule has 3 N–H and O–H groups in total. The van der Waals surface area contributed by atoms with Crippen molar-refractivity contribution in [2.24, 2.45) is 0 Å². The fourth-order valence-corrected chi connectivity index (χ4v) is 0.195. The lowest BCUT2D eigenvalue weighted by atomic mass is 10.7. The number of aldehydes is 1. The number of hydrogen-bond acceptors (Lipinski definition) is 4. The van der Waals surface area contributed by atoms with E-state index < -0.39 is 0 Å². The molecule has 0 saturated carbocycles. The molecule has 0 saturated heterocycles. The number of hydrogen-bond donors (Lipinski definition) is 3. The molecule has 0 aromatic rings. The predicted molar refractivity (Wildman–Crippen MR) is 47.7 cm³/mol. The largest absolute Gasteiger partial charge is 0.395 e. The first kappa shape index (κ1) is 16.9. The maximum atomic E-state index is 9.34. The summed E-state index contributed by atoms with van der Waals surface area (Å²) >= 11 is 0. The smallest absolute Gasteiger partial charge is 0.133 e. The number of carbonyl (C=O) groups is 1. The van der Waals surface area contributed by atoms with Gasteiger partial charge >= 0.3 is 0 Å². The third kappa shape index (κ3) is 43.2. The normalized spacial score (nSPS) is 7.18. The fraction of sp³-hybridized carbons (Fsp3) is 0.857. The van der Waals surface area contributed by atoms with Crippen molar-refractivity contribution in [1.82, 2.24) is 10.6 Å². The molecule has 0 radical (unpaired) electrons. The molecule has 70 valence electrons. The Kier molecular flexibility index (Phi) is 34.8. The van der Waals surface area contributed by atoms with Gasteiger partial charge in [0.05, 0.1) is 13.2 Å². The van der Waals surface area contributed by atoms with Crippen LogP contribution in [0, 0.1) is 0 Å². The van der Waals surface area contributed by atoms with Gasteiger partial charge < -0.3 is 20.5 Å². The third-order valence-electron chi connectivity index (χ3n) is 0.649. The van der Waals surface area contributed by atoms with Crippen LogP contribution >= 0.6 is 0 Å². The number of rotatable bonds is 4. The third-order valence-corrected chi connectivity index (χ3v) is 0.649. The van der Waals surface area contributed by atoms with Crippen molar-refractivity contribution in [2.45, 2.75) is 7.43 Å². The number of carbonyl (C=O) groups excluding carboxylic acids is 1. The quantitative estimate of drug-likeness (QED) is 0.478. The van der Waals surface area contributed by atoms with Gasteiger partial charge in [-0.15, -0.1) is 0 Å². The van der Waals surface area contributed by atoms with Crippen LogP contribution in [0.25, 0.3) is 0 Å². The Labute approximate surface area is 69.0 Å². The Hall–Kier alpha value is -0.450. The lowest BCUT2D eigenvalue weighted by Crippen LogP contribution is -2.10. The van der Waals surface area contributed by atoms with E-state index in [1.165, 1.54) is 0 Å². The zero-order chi connectivity index (χ0) is 8.24. The van der Waals surface area contributed by atoms with Gasteiger partial charge in [0, 0.05) is 6.54 Å². The molecule has 0 aromatic carbocycles. The maximum absolute atomic E-state index is 9.34. The first-order valence-corrected chi connectivity index (χ1v) is 3.17. The second-order valence-electron chi connectivity index (χ2n) is 1.55. The molecular formula is C7H20N2O2. The second kappa shape index (κ2) is 22.7. The molecule has 0 atom stereocenters. The number of likely N-dealkylation sites (N-methyl/N-ethyl adjacent to an activating group) is 2. The summed E-state index contributed by atoms with van der Waals surface area (Å²) in [6, 6.07) is 0. The van der Waals surface area contributed by atoms with Crippen molar-refractivity contribution in [1.29, 1.82) is 0 Å². The van der Waals surface area contributed by atoms with Crippen LogP contribution in [-0.4, -0.2) is 45.2 Å². The molecule has 0 bridgehead atoms. The van der Waals surface area contributed by atoms with Gasteiger partial charge in [-0.25, -0.2) is 0 Å². The highest BCUT2D eigenvalue weighted by molar-refractivity contribution is 5.51. The molecule has 0 aliphatic heterocycles. The molecule has 0 rings (SSSR count). The molecule has 0 amide bonds. The van der Waals surface area contributed by atoms with Crippen LogP contribution in [-0.2, 0) is 4.79 Å². The number of aliphatic hydroxyl groups excluding tert-OH is 1. The maximum Gasteiger partial charge on any atom is 0.133 e. The van der Waals surface area contributed by atoms with Gasteiger partial charge in [-0.2, -0.15) is 0 Å². The number of nitrogens with one attached hydrogen (secondary N) is 2. The second-order valence-corrected chi connectivity index (χ2v) is 1.55. The van der Waals surface area contributed by atoms with Crippen LogP contribution in [0.1, 0.15) is 7.43 Å². The van der Waals surface area contributed by atoms with Crippen LogP contribution in [0.15, 0.2) is 0 Å². The van der Waals surface area contributed by atoms with Crippen molar-refractivity contribution in [3.8, 4) is 0 Å². The Bertz CT molecular complexity index is 58.4. The molecule has 0 aliphatic carbocycles. The van der Waals surface area contributed by atoms with Crippen molar-refractivity contribution >= 4 is 6.29 Å². The standard InChI is InChI=1S/C3H9NO.C3H7NO.CH4/c2*1-4-2-3-5;/h4-5H,2-3H2,1H3;3-4H,2H2,1H3;1H4. The fourth-order valence-electron chi connectivity index (χ4n) is 0.195. The van der Waals surface area contributed by atoms with E-state index in [-0.39, 0.29) is 14.0 Å². The Morgan fingerprint density at radius 3 is 1.91 bits per heavy atom. The minimum atomic E-state index is 0. The molecule has 0 fully saturated rings. The summed E-state index contributed by atoms with van der Waals surface area (Å²) in [7, 11) is 3.53. The average Bonchev–Trinajstić information content (AvgIpc) is 1.93. The van der Waals surface area contributed by atoms with Crippen molar-refractivity contribution in [3.63, 3.8) is 0 Å². The highest BCUT2D eigenvalue weighted by Crippen LogP contribution is 1.42. The summed E-state index contributed by atoms with van der Waals surface area (Å²) in [6.45, 7) is 1.39. The molecule has 0 aromatic heterocycles. The van der Waals surface area contributed by atoms with Gasteiger partial charge in [-0.05, 0) is 14.1 Å². The monoisotopic (exact) mass is 164 g/mol. The first-order valence-electron chi connectivity index (χ1n) is 3.17. The molecule has 11 heavy (non-hydrogen) atoms.